The molecular formula is C6H5ClN2O3. The lowest BCUT2D eigenvalue weighted by Crippen LogP contribution is -1.93. The zero-order valence-corrected chi connectivity index (χ0v) is 6.58. The van der Waals surface area contributed by atoms with Gasteiger partial charge in [-0.3, -0.25) is 20.8 Å². The molecule has 0 radical (unpaired) electrons. The predicted octanol–water partition coefficient (Wildman–Crippen LogP) is 2.05. The summed E-state index contributed by atoms with van der Waals surface area (Å²) in [5, 5.41) is 18.9. The second-order valence-electron chi connectivity index (χ2n) is 2.03. The summed E-state index contributed by atoms with van der Waals surface area (Å²) in [5.41, 5.74) is 1.74. The number of nitro benzene ring substituents is 1. The Morgan fingerprint density at radius 2 is 2.25 bits per heavy atom. The summed E-state index contributed by atoms with van der Waals surface area (Å²) in [7, 11) is 0. The average Bonchev–Trinajstić information content (AvgIpc) is 2.05. The maximum absolute atomic E-state index is 10.2. The largest absolute Gasteiger partial charge is 0.291 e. The van der Waals surface area contributed by atoms with Gasteiger partial charge in [0.1, 0.15) is 0 Å². The second-order valence-corrected chi connectivity index (χ2v) is 2.44. The van der Waals surface area contributed by atoms with Crippen molar-refractivity contribution in [3.63, 3.8) is 0 Å². The Hall–Kier alpha value is -1.33. The molecule has 0 saturated carbocycles. The lowest BCUT2D eigenvalue weighted by Gasteiger charge is -2.00. The highest BCUT2D eigenvalue weighted by molar-refractivity contribution is 6.33. The molecule has 0 spiro atoms. The summed E-state index contributed by atoms with van der Waals surface area (Å²) < 4.78 is 0. The average molecular weight is 189 g/mol. The molecule has 0 saturated heterocycles. The van der Waals surface area contributed by atoms with Crippen LogP contribution in [0.2, 0.25) is 5.02 Å². The molecule has 2 N–H and O–H groups in total. The minimum Gasteiger partial charge on any atom is -0.291 e. The Bertz CT molecular complexity index is 316. The first-order valence-corrected chi connectivity index (χ1v) is 3.37. The number of hydrogen-bond acceptors (Lipinski definition) is 4. The van der Waals surface area contributed by atoms with Gasteiger partial charge in [0.25, 0.3) is 5.69 Å². The van der Waals surface area contributed by atoms with Gasteiger partial charge in [-0.15, -0.1) is 0 Å². The van der Waals surface area contributed by atoms with E-state index in [1.807, 2.05) is 0 Å². The highest BCUT2D eigenvalue weighted by atomic mass is 35.5. The second kappa shape index (κ2) is 3.38. The van der Waals surface area contributed by atoms with Crippen molar-refractivity contribution in [2.24, 2.45) is 0 Å². The van der Waals surface area contributed by atoms with E-state index in [1.54, 1.807) is 5.48 Å². The number of anilines is 1. The molecule has 1 rings (SSSR count). The molecule has 0 fully saturated rings. The molecule has 0 aliphatic heterocycles. The van der Waals surface area contributed by atoms with Crippen molar-refractivity contribution in [2.45, 2.75) is 0 Å². The lowest BCUT2D eigenvalue weighted by atomic mass is 10.3. The van der Waals surface area contributed by atoms with Crippen LogP contribution in [0.3, 0.4) is 0 Å². The molecule has 0 unspecified atom stereocenters. The maximum atomic E-state index is 10.2. The Labute approximate surface area is 72.7 Å². The van der Waals surface area contributed by atoms with E-state index in [9.17, 15) is 10.1 Å². The zero-order valence-electron chi connectivity index (χ0n) is 5.82. The summed E-state index contributed by atoms with van der Waals surface area (Å²) in [6, 6.07) is 3.73. The fourth-order valence-corrected chi connectivity index (χ4v) is 0.872. The van der Waals surface area contributed by atoms with Crippen LogP contribution >= 0.6 is 11.6 Å². The molecule has 12 heavy (non-hydrogen) atoms. The molecule has 0 heterocycles. The van der Waals surface area contributed by atoms with Crippen LogP contribution in [-0.2, 0) is 0 Å². The highest BCUT2D eigenvalue weighted by Gasteiger charge is 2.08. The molecular weight excluding hydrogens is 184 g/mol. The standard InChI is InChI=1S/C6H5ClN2O3/c7-5-2-1-4(9(11)12)3-6(5)8-10/h1-3,8,10H. The molecule has 0 bridgehead atoms. The Kier molecular flexibility index (Phi) is 2.47. The van der Waals surface area contributed by atoms with E-state index in [4.69, 9.17) is 16.8 Å². The Morgan fingerprint density at radius 3 is 2.75 bits per heavy atom. The monoisotopic (exact) mass is 188 g/mol. The number of nitro groups is 1. The van der Waals surface area contributed by atoms with Gasteiger partial charge in [0.05, 0.1) is 15.6 Å². The van der Waals surface area contributed by atoms with Gasteiger partial charge >= 0.3 is 0 Å². The summed E-state index contributed by atoms with van der Waals surface area (Å²) >= 11 is 5.56. The van der Waals surface area contributed by atoms with E-state index in [2.05, 4.69) is 0 Å². The normalized spacial score (nSPS) is 9.50. The van der Waals surface area contributed by atoms with Crippen LogP contribution in [0.25, 0.3) is 0 Å². The van der Waals surface area contributed by atoms with Gasteiger partial charge in [-0.05, 0) is 6.07 Å². The molecule has 64 valence electrons. The van der Waals surface area contributed by atoms with Crippen molar-refractivity contribution in [1.29, 1.82) is 0 Å². The van der Waals surface area contributed by atoms with Crippen molar-refractivity contribution in [3.05, 3.63) is 33.3 Å². The molecule has 0 aliphatic carbocycles. The van der Waals surface area contributed by atoms with Crippen LogP contribution in [0.15, 0.2) is 18.2 Å². The summed E-state index contributed by atoms with van der Waals surface area (Å²) in [6.07, 6.45) is 0. The quantitative estimate of drug-likeness (QED) is 0.550. The number of halogens is 1. The number of nitrogens with zero attached hydrogens (tertiary/aromatic N) is 1. The van der Waals surface area contributed by atoms with Crippen LogP contribution in [0.1, 0.15) is 0 Å². The van der Waals surface area contributed by atoms with Gasteiger partial charge < -0.3 is 0 Å². The van der Waals surface area contributed by atoms with Crippen LogP contribution in [0, 0.1) is 10.1 Å². The number of benzene rings is 1. The molecule has 0 amide bonds. The van der Waals surface area contributed by atoms with Gasteiger partial charge in [-0.2, -0.15) is 0 Å². The minimum atomic E-state index is -0.572. The third kappa shape index (κ3) is 1.63. The van der Waals surface area contributed by atoms with Crippen molar-refractivity contribution in [1.82, 2.24) is 0 Å². The van der Waals surface area contributed by atoms with Crippen molar-refractivity contribution >= 4 is 23.0 Å². The first-order valence-electron chi connectivity index (χ1n) is 2.99. The molecule has 0 atom stereocenters. The van der Waals surface area contributed by atoms with Gasteiger partial charge in [0.2, 0.25) is 0 Å². The molecule has 5 nitrogen and oxygen atoms in total. The topological polar surface area (TPSA) is 75.4 Å². The van der Waals surface area contributed by atoms with Gasteiger partial charge in [-0.25, -0.2) is 0 Å². The van der Waals surface area contributed by atoms with Crippen LogP contribution in [0.4, 0.5) is 11.4 Å². The van der Waals surface area contributed by atoms with E-state index < -0.39 is 4.92 Å². The number of non-ortho nitro benzene ring substituents is 1. The third-order valence-electron chi connectivity index (χ3n) is 1.28. The zero-order chi connectivity index (χ0) is 9.14. The van der Waals surface area contributed by atoms with Crippen LogP contribution in [0.5, 0.6) is 0 Å². The first-order chi connectivity index (χ1) is 5.65. The van der Waals surface area contributed by atoms with Gasteiger partial charge in [0.15, 0.2) is 0 Å². The number of hydrogen-bond donors (Lipinski definition) is 2. The fraction of sp³-hybridized carbons (Fsp3) is 0. The molecule has 1 aromatic rings. The first kappa shape index (κ1) is 8.76. The van der Waals surface area contributed by atoms with E-state index in [0.717, 1.165) is 6.07 Å². The van der Waals surface area contributed by atoms with Crippen LogP contribution in [-0.4, -0.2) is 10.1 Å². The summed E-state index contributed by atoms with van der Waals surface area (Å²) in [5.74, 6) is 0. The molecule has 1 aromatic carbocycles. The smallest absolute Gasteiger partial charge is 0.271 e. The predicted molar refractivity (Wildman–Crippen MR) is 43.5 cm³/mol. The minimum absolute atomic E-state index is 0.117. The van der Waals surface area contributed by atoms with E-state index in [0.29, 0.717) is 0 Å². The van der Waals surface area contributed by atoms with Crippen molar-refractivity contribution in [2.75, 3.05) is 5.48 Å². The van der Waals surface area contributed by atoms with Crippen molar-refractivity contribution < 1.29 is 10.1 Å². The lowest BCUT2D eigenvalue weighted by molar-refractivity contribution is -0.384. The molecule has 0 aromatic heterocycles. The van der Waals surface area contributed by atoms with Crippen LogP contribution < -0.4 is 5.48 Å². The number of nitrogens with one attached hydrogen (secondary N) is 1. The van der Waals surface area contributed by atoms with Crippen molar-refractivity contribution in [3.8, 4) is 0 Å². The SMILES string of the molecule is O=[N+]([O-])c1ccc(Cl)c(NO)c1. The van der Waals surface area contributed by atoms with E-state index in [1.165, 1.54) is 12.1 Å². The Balaban J connectivity index is 3.13. The van der Waals surface area contributed by atoms with Gasteiger partial charge in [-0.1, -0.05) is 11.6 Å². The van der Waals surface area contributed by atoms with E-state index >= 15 is 0 Å². The highest BCUT2D eigenvalue weighted by Crippen LogP contribution is 2.25. The maximum Gasteiger partial charge on any atom is 0.271 e. The fourth-order valence-electron chi connectivity index (χ4n) is 0.713. The number of rotatable bonds is 2. The van der Waals surface area contributed by atoms with Gasteiger partial charge in [0, 0.05) is 12.1 Å². The van der Waals surface area contributed by atoms with E-state index in [-0.39, 0.29) is 16.4 Å². The summed E-state index contributed by atoms with van der Waals surface area (Å²) in [6.45, 7) is 0. The molecule has 0 aliphatic rings. The molecule has 6 heteroatoms. The third-order valence-corrected chi connectivity index (χ3v) is 1.61. The Morgan fingerprint density at radius 1 is 1.58 bits per heavy atom. The summed E-state index contributed by atoms with van der Waals surface area (Å²) in [4.78, 5) is 9.66.